The quantitative estimate of drug-likeness (QED) is 0.570. The third kappa shape index (κ3) is 1.98. The van der Waals surface area contributed by atoms with E-state index in [2.05, 4.69) is 6.92 Å². The molecule has 2 atom stereocenters. The molecule has 1 aliphatic rings. The molecule has 0 heterocycles. The van der Waals surface area contributed by atoms with Crippen LogP contribution in [0.4, 0.5) is 0 Å². The lowest BCUT2D eigenvalue weighted by atomic mass is 9.83. The third-order valence-corrected chi connectivity index (χ3v) is 2.38. The standard InChI is InChI=1S/C8H17N/c1-7-3-2-4-8(5-7)6-9/h7-8H,2-6,9H2,1H3/t7-,8+/m0/s1. The van der Waals surface area contributed by atoms with Gasteiger partial charge in [0.2, 0.25) is 0 Å². The first-order valence-corrected chi connectivity index (χ1v) is 4.03. The van der Waals surface area contributed by atoms with E-state index in [1.807, 2.05) is 0 Å². The smallest absolute Gasteiger partial charge is 0.00488 e. The Kier molecular flexibility index (Phi) is 2.52. The minimum absolute atomic E-state index is 0.841. The Morgan fingerprint density at radius 2 is 2.22 bits per heavy atom. The summed E-state index contributed by atoms with van der Waals surface area (Å²) in [4.78, 5) is 0. The van der Waals surface area contributed by atoms with Gasteiger partial charge in [-0.05, 0) is 31.2 Å². The van der Waals surface area contributed by atoms with Crippen LogP contribution in [0.1, 0.15) is 32.6 Å². The van der Waals surface area contributed by atoms with Crippen LogP contribution >= 0.6 is 0 Å². The lowest BCUT2D eigenvalue weighted by Crippen LogP contribution is -2.20. The van der Waals surface area contributed by atoms with Crippen LogP contribution in [0.15, 0.2) is 0 Å². The molecule has 1 aliphatic carbocycles. The van der Waals surface area contributed by atoms with E-state index in [1.165, 1.54) is 25.7 Å². The fourth-order valence-electron chi connectivity index (χ4n) is 1.77. The van der Waals surface area contributed by atoms with Gasteiger partial charge in [-0.1, -0.05) is 19.8 Å². The highest BCUT2D eigenvalue weighted by Gasteiger charge is 2.16. The lowest BCUT2D eigenvalue weighted by Gasteiger charge is -2.25. The summed E-state index contributed by atoms with van der Waals surface area (Å²) in [5.41, 5.74) is 5.57. The SMILES string of the molecule is C[C@H]1CCC[C@@H](CN)C1. The fraction of sp³-hybridized carbons (Fsp3) is 1.00. The molecule has 0 aromatic heterocycles. The van der Waals surface area contributed by atoms with E-state index in [0.717, 1.165) is 18.4 Å². The van der Waals surface area contributed by atoms with Crippen molar-refractivity contribution in [2.75, 3.05) is 6.54 Å². The van der Waals surface area contributed by atoms with E-state index >= 15 is 0 Å². The molecular formula is C8H17N. The molecule has 0 saturated heterocycles. The normalized spacial score (nSPS) is 36.7. The average molecular weight is 127 g/mol. The van der Waals surface area contributed by atoms with Crippen molar-refractivity contribution in [3.05, 3.63) is 0 Å². The molecule has 0 unspecified atom stereocenters. The predicted octanol–water partition coefficient (Wildman–Crippen LogP) is 1.77. The molecule has 0 amide bonds. The second-order valence-electron chi connectivity index (χ2n) is 3.37. The summed E-state index contributed by atoms with van der Waals surface area (Å²) in [7, 11) is 0. The molecule has 1 rings (SSSR count). The van der Waals surface area contributed by atoms with Crippen LogP contribution in [-0.4, -0.2) is 6.54 Å². The van der Waals surface area contributed by atoms with Gasteiger partial charge in [-0.15, -0.1) is 0 Å². The van der Waals surface area contributed by atoms with Crippen LogP contribution in [0.25, 0.3) is 0 Å². The van der Waals surface area contributed by atoms with Crippen LogP contribution in [0.3, 0.4) is 0 Å². The summed E-state index contributed by atoms with van der Waals surface area (Å²) in [6.45, 7) is 3.24. The van der Waals surface area contributed by atoms with Crippen LogP contribution in [-0.2, 0) is 0 Å². The molecule has 0 spiro atoms. The minimum atomic E-state index is 0.841. The maximum absolute atomic E-state index is 5.57. The molecule has 0 aliphatic heterocycles. The van der Waals surface area contributed by atoms with Gasteiger partial charge < -0.3 is 5.73 Å². The first-order chi connectivity index (χ1) is 4.33. The summed E-state index contributed by atoms with van der Waals surface area (Å²) in [5.74, 6) is 1.78. The Morgan fingerprint density at radius 3 is 2.67 bits per heavy atom. The Morgan fingerprint density at radius 1 is 1.44 bits per heavy atom. The summed E-state index contributed by atoms with van der Waals surface area (Å²) >= 11 is 0. The molecule has 2 N–H and O–H groups in total. The predicted molar refractivity (Wildman–Crippen MR) is 40.2 cm³/mol. The zero-order valence-electron chi connectivity index (χ0n) is 6.27. The minimum Gasteiger partial charge on any atom is -0.330 e. The Labute approximate surface area is 57.6 Å². The Hall–Kier alpha value is -0.0400. The van der Waals surface area contributed by atoms with E-state index in [1.54, 1.807) is 0 Å². The lowest BCUT2D eigenvalue weighted by molar-refractivity contribution is 0.288. The molecule has 1 nitrogen and oxygen atoms in total. The van der Waals surface area contributed by atoms with Crippen LogP contribution < -0.4 is 5.73 Å². The summed E-state index contributed by atoms with van der Waals surface area (Å²) < 4.78 is 0. The van der Waals surface area contributed by atoms with Crippen molar-refractivity contribution in [3.63, 3.8) is 0 Å². The zero-order valence-corrected chi connectivity index (χ0v) is 6.27. The molecule has 0 aromatic carbocycles. The average Bonchev–Trinajstić information content (AvgIpc) is 1.88. The van der Waals surface area contributed by atoms with Crippen molar-refractivity contribution in [1.29, 1.82) is 0 Å². The first-order valence-electron chi connectivity index (χ1n) is 4.03. The molecule has 0 aromatic rings. The van der Waals surface area contributed by atoms with Gasteiger partial charge in [-0.2, -0.15) is 0 Å². The first kappa shape index (κ1) is 7.07. The van der Waals surface area contributed by atoms with E-state index in [9.17, 15) is 0 Å². The van der Waals surface area contributed by atoms with E-state index in [4.69, 9.17) is 5.73 Å². The van der Waals surface area contributed by atoms with Crippen molar-refractivity contribution in [1.82, 2.24) is 0 Å². The topological polar surface area (TPSA) is 26.0 Å². The van der Waals surface area contributed by atoms with Crippen molar-refractivity contribution in [3.8, 4) is 0 Å². The fourth-order valence-corrected chi connectivity index (χ4v) is 1.77. The van der Waals surface area contributed by atoms with Gasteiger partial charge in [0.25, 0.3) is 0 Å². The molecule has 1 fully saturated rings. The highest BCUT2D eigenvalue weighted by Crippen LogP contribution is 2.27. The van der Waals surface area contributed by atoms with Crippen molar-refractivity contribution < 1.29 is 0 Å². The summed E-state index contributed by atoms with van der Waals surface area (Å²) in [6.07, 6.45) is 5.58. The molecule has 1 heteroatoms. The van der Waals surface area contributed by atoms with Crippen LogP contribution in [0.5, 0.6) is 0 Å². The summed E-state index contributed by atoms with van der Waals surface area (Å²) in [6, 6.07) is 0. The number of hydrogen-bond acceptors (Lipinski definition) is 1. The van der Waals surface area contributed by atoms with E-state index < -0.39 is 0 Å². The monoisotopic (exact) mass is 127 g/mol. The van der Waals surface area contributed by atoms with Gasteiger partial charge >= 0.3 is 0 Å². The Bertz CT molecular complexity index is 80.6. The third-order valence-electron chi connectivity index (χ3n) is 2.38. The van der Waals surface area contributed by atoms with Crippen molar-refractivity contribution >= 4 is 0 Å². The van der Waals surface area contributed by atoms with Gasteiger partial charge in [-0.3, -0.25) is 0 Å². The van der Waals surface area contributed by atoms with Crippen LogP contribution in [0, 0.1) is 11.8 Å². The molecule has 9 heavy (non-hydrogen) atoms. The largest absolute Gasteiger partial charge is 0.330 e. The van der Waals surface area contributed by atoms with Crippen molar-refractivity contribution in [2.45, 2.75) is 32.6 Å². The van der Waals surface area contributed by atoms with Gasteiger partial charge in [0.15, 0.2) is 0 Å². The second kappa shape index (κ2) is 3.21. The number of nitrogens with two attached hydrogens (primary N) is 1. The van der Waals surface area contributed by atoms with Gasteiger partial charge in [0.05, 0.1) is 0 Å². The van der Waals surface area contributed by atoms with E-state index in [-0.39, 0.29) is 0 Å². The number of hydrogen-bond donors (Lipinski definition) is 1. The maximum Gasteiger partial charge on any atom is -0.00488 e. The van der Waals surface area contributed by atoms with Gasteiger partial charge in [0.1, 0.15) is 0 Å². The highest BCUT2D eigenvalue weighted by atomic mass is 14.5. The van der Waals surface area contributed by atoms with Gasteiger partial charge in [0, 0.05) is 0 Å². The highest BCUT2D eigenvalue weighted by molar-refractivity contribution is 4.70. The molecule has 54 valence electrons. The van der Waals surface area contributed by atoms with Crippen LogP contribution in [0.2, 0.25) is 0 Å². The molecule has 0 bridgehead atoms. The second-order valence-corrected chi connectivity index (χ2v) is 3.37. The zero-order chi connectivity index (χ0) is 6.69. The van der Waals surface area contributed by atoms with Gasteiger partial charge in [-0.25, -0.2) is 0 Å². The Balaban J connectivity index is 2.23. The maximum atomic E-state index is 5.57. The van der Waals surface area contributed by atoms with Crippen molar-refractivity contribution in [2.24, 2.45) is 17.6 Å². The molecule has 0 radical (unpaired) electrons. The molecule has 1 saturated carbocycles. The summed E-state index contributed by atoms with van der Waals surface area (Å²) in [5, 5.41) is 0. The number of rotatable bonds is 1. The molecular weight excluding hydrogens is 110 g/mol. The van der Waals surface area contributed by atoms with E-state index in [0.29, 0.717) is 0 Å².